The molecule has 0 fully saturated rings. The first-order valence-electron chi connectivity index (χ1n) is 9.05. The molecule has 2 N–H and O–H groups in total. The summed E-state index contributed by atoms with van der Waals surface area (Å²) in [5.74, 6) is 0.805. The van der Waals surface area contributed by atoms with Crippen LogP contribution in [0.25, 0.3) is 0 Å². The molecule has 27 heavy (non-hydrogen) atoms. The number of amides is 1. The van der Waals surface area contributed by atoms with Crippen LogP contribution in [0, 0.1) is 0 Å². The van der Waals surface area contributed by atoms with Crippen molar-refractivity contribution in [2.75, 3.05) is 27.2 Å². The summed E-state index contributed by atoms with van der Waals surface area (Å²) >= 11 is 3.52. The van der Waals surface area contributed by atoms with Gasteiger partial charge in [0.1, 0.15) is 0 Å². The molecule has 0 unspecified atom stereocenters. The Balaban J connectivity index is 2.02. The fourth-order valence-corrected chi connectivity index (χ4v) is 3.39. The number of nitrogens with one attached hydrogen (secondary N) is 2. The van der Waals surface area contributed by atoms with Crippen molar-refractivity contribution in [2.45, 2.75) is 19.9 Å². The van der Waals surface area contributed by atoms with Crippen LogP contribution in [0.15, 0.2) is 46.0 Å². The van der Waals surface area contributed by atoms with Crippen LogP contribution in [0.1, 0.15) is 28.5 Å². The molecule has 2 aromatic rings. The van der Waals surface area contributed by atoms with Crippen molar-refractivity contribution < 1.29 is 4.79 Å². The number of carbonyl (C=O) groups is 1. The van der Waals surface area contributed by atoms with Crippen LogP contribution in [0.5, 0.6) is 0 Å². The van der Waals surface area contributed by atoms with E-state index in [1.54, 1.807) is 7.05 Å². The maximum atomic E-state index is 11.8. The van der Waals surface area contributed by atoms with Gasteiger partial charge in [0, 0.05) is 56.2 Å². The molecule has 1 aromatic carbocycles. The second-order valence-corrected chi connectivity index (χ2v) is 7.30. The summed E-state index contributed by atoms with van der Waals surface area (Å²) in [6, 6.07) is 9.80. The number of aryl methyl sites for hydroxylation is 1. The first-order chi connectivity index (χ1) is 12.9. The molecule has 146 valence electrons. The van der Waals surface area contributed by atoms with Gasteiger partial charge in [-0.15, -0.1) is 0 Å². The van der Waals surface area contributed by atoms with E-state index in [9.17, 15) is 4.79 Å². The van der Waals surface area contributed by atoms with Gasteiger partial charge in [0.05, 0.1) is 6.54 Å². The number of halogens is 1. The van der Waals surface area contributed by atoms with Gasteiger partial charge in [-0.2, -0.15) is 0 Å². The Morgan fingerprint density at radius 2 is 2.11 bits per heavy atom. The highest BCUT2D eigenvalue weighted by atomic mass is 79.9. The molecule has 0 aliphatic rings. The zero-order valence-electron chi connectivity index (χ0n) is 16.4. The first-order valence-corrected chi connectivity index (χ1v) is 9.85. The lowest BCUT2D eigenvalue weighted by Gasteiger charge is -2.22. The van der Waals surface area contributed by atoms with Crippen molar-refractivity contribution >= 4 is 27.8 Å². The number of hydrogen-bond acceptors (Lipinski definition) is 2. The van der Waals surface area contributed by atoms with Crippen LogP contribution in [0.2, 0.25) is 0 Å². The van der Waals surface area contributed by atoms with Crippen LogP contribution in [0.3, 0.4) is 0 Å². The quantitative estimate of drug-likeness (QED) is 0.521. The van der Waals surface area contributed by atoms with Crippen molar-refractivity contribution in [3.63, 3.8) is 0 Å². The molecule has 2 rings (SSSR count). The molecule has 0 aliphatic heterocycles. The SMILES string of the molecule is CCNC(=NCCc1cccc(C(=O)NC)c1)N(C)Cc1cc(Br)cn1C. The Morgan fingerprint density at radius 1 is 1.33 bits per heavy atom. The topological polar surface area (TPSA) is 61.7 Å². The van der Waals surface area contributed by atoms with Crippen LogP contribution in [-0.2, 0) is 20.0 Å². The minimum absolute atomic E-state index is 0.0675. The number of nitrogens with zero attached hydrogens (tertiary/aromatic N) is 3. The summed E-state index contributed by atoms with van der Waals surface area (Å²) in [6.45, 7) is 4.29. The van der Waals surface area contributed by atoms with Crippen molar-refractivity contribution in [3.05, 3.63) is 57.8 Å². The van der Waals surface area contributed by atoms with Gasteiger partial charge in [-0.3, -0.25) is 9.79 Å². The molecule has 0 spiro atoms. The number of guanidine groups is 1. The Hall–Kier alpha value is -2.28. The van der Waals surface area contributed by atoms with E-state index in [0.717, 1.165) is 35.5 Å². The Labute approximate surface area is 169 Å². The normalized spacial score (nSPS) is 11.4. The second-order valence-electron chi connectivity index (χ2n) is 6.38. The number of benzene rings is 1. The van der Waals surface area contributed by atoms with Crippen molar-refractivity contribution in [2.24, 2.45) is 12.0 Å². The standard InChI is InChI=1S/C20H28BrN5O/c1-5-23-20(26(4)14-18-12-17(21)13-25(18)3)24-10-9-15-7-6-8-16(11-15)19(27)22-2/h6-8,11-13H,5,9-10,14H2,1-4H3,(H,22,27)(H,23,24). The number of aliphatic imine (C=N–C) groups is 1. The molecule has 1 aromatic heterocycles. The molecule has 0 saturated carbocycles. The fourth-order valence-electron chi connectivity index (χ4n) is 2.81. The molecular weight excluding hydrogens is 406 g/mol. The summed E-state index contributed by atoms with van der Waals surface area (Å²) in [5, 5.41) is 6.00. The maximum absolute atomic E-state index is 11.8. The Kier molecular flexibility index (Phi) is 7.91. The van der Waals surface area contributed by atoms with E-state index >= 15 is 0 Å². The van der Waals surface area contributed by atoms with E-state index in [2.05, 4.69) is 49.0 Å². The fraction of sp³-hybridized carbons (Fsp3) is 0.400. The van der Waals surface area contributed by atoms with Crippen molar-refractivity contribution in [3.8, 4) is 0 Å². The van der Waals surface area contributed by atoms with Gasteiger partial charge in [0.2, 0.25) is 0 Å². The van der Waals surface area contributed by atoms with E-state index in [-0.39, 0.29) is 5.91 Å². The second kappa shape index (κ2) is 10.2. The van der Waals surface area contributed by atoms with Crippen molar-refractivity contribution in [1.29, 1.82) is 0 Å². The number of carbonyl (C=O) groups excluding carboxylic acids is 1. The third-order valence-electron chi connectivity index (χ3n) is 4.25. The van der Waals surface area contributed by atoms with E-state index in [0.29, 0.717) is 12.1 Å². The maximum Gasteiger partial charge on any atom is 0.251 e. The Morgan fingerprint density at radius 3 is 2.74 bits per heavy atom. The van der Waals surface area contributed by atoms with Crippen LogP contribution < -0.4 is 10.6 Å². The zero-order valence-corrected chi connectivity index (χ0v) is 18.0. The molecule has 6 nitrogen and oxygen atoms in total. The molecule has 0 saturated heterocycles. The largest absolute Gasteiger partial charge is 0.357 e. The average Bonchev–Trinajstić information content (AvgIpc) is 2.97. The molecule has 0 atom stereocenters. The summed E-state index contributed by atoms with van der Waals surface area (Å²) in [7, 11) is 5.72. The van der Waals surface area contributed by atoms with E-state index in [1.807, 2.05) is 44.6 Å². The number of aromatic nitrogens is 1. The molecule has 7 heteroatoms. The molecule has 0 aliphatic carbocycles. The lowest BCUT2D eigenvalue weighted by atomic mass is 10.1. The number of rotatable bonds is 7. The Bertz CT molecular complexity index is 799. The molecular formula is C20H28BrN5O. The average molecular weight is 434 g/mol. The van der Waals surface area contributed by atoms with Crippen LogP contribution >= 0.6 is 15.9 Å². The summed E-state index contributed by atoms with van der Waals surface area (Å²) in [4.78, 5) is 18.6. The molecule has 1 amide bonds. The lowest BCUT2D eigenvalue weighted by molar-refractivity contribution is 0.0963. The predicted molar refractivity (Wildman–Crippen MR) is 114 cm³/mol. The van der Waals surface area contributed by atoms with Gasteiger partial charge < -0.3 is 20.1 Å². The lowest BCUT2D eigenvalue weighted by Crippen LogP contribution is -2.39. The van der Waals surface area contributed by atoms with E-state index in [4.69, 9.17) is 4.99 Å². The van der Waals surface area contributed by atoms with Gasteiger partial charge in [-0.25, -0.2) is 0 Å². The van der Waals surface area contributed by atoms with E-state index in [1.165, 1.54) is 5.69 Å². The third kappa shape index (κ3) is 6.13. The van der Waals surface area contributed by atoms with Gasteiger partial charge >= 0.3 is 0 Å². The minimum Gasteiger partial charge on any atom is -0.357 e. The molecule has 0 bridgehead atoms. The minimum atomic E-state index is -0.0675. The van der Waals surface area contributed by atoms with Crippen molar-refractivity contribution in [1.82, 2.24) is 20.1 Å². The highest BCUT2D eigenvalue weighted by Gasteiger charge is 2.10. The van der Waals surface area contributed by atoms with Gasteiger partial charge in [0.25, 0.3) is 5.91 Å². The zero-order chi connectivity index (χ0) is 19.8. The summed E-state index contributed by atoms with van der Waals surface area (Å²) in [5.41, 5.74) is 2.98. The van der Waals surface area contributed by atoms with E-state index < -0.39 is 0 Å². The summed E-state index contributed by atoms with van der Waals surface area (Å²) < 4.78 is 3.18. The molecule has 0 radical (unpaired) electrons. The van der Waals surface area contributed by atoms with Crippen LogP contribution in [0.4, 0.5) is 0 Å². The van der Waals surface area contributed by atoms with Crippen LogP contribution in [-0.4, -0.2) is 48.5 Å². The number of hydrogen-bond donors (Lipinski definition) is 2. The van der Waals surface area contributed by atoms with Gasteiger partial charge in [0.15, 0.2) is 5.96 Å². The smallest absolute Gasteiger partial charge is 0.251 e. The monoisotopic (exact) mass is 433 g/mol. The first kappa shape index (κ1) is 21.0. The third-order valence-corrected chi connectivity index (χ3v) is 4.68. The highest BCUT2D eigenvalue weighted by molar-refractivity contribution is 9.10. The van der Waals surface area contributed by atoms with Gasteiger partial charge in [-0.1, -0.05) is 12.1 Å². The summed E-state index contributed by atoms with van der Waals surface area (Å²) in [6.07, 6.45) is 2.83. The predicted octanol–water partition coefficient (Wildman–Crippen LogP) is 2.79. The highest BCUT2D eigenvalue weighted by Crippen LogP contribution is 2.15. The van der Waals surface area contributed by atoms with Gasteiger partial charge in [-0.05, 0) is 53.0 Å². The molecule has 1 heterocycles.